The maximum atomic E-state index is 11.2. The zero-order valence-electron chi connectivity index (χ0n) is 7.06. The van der Waals surface area contributed by atoms with Crippen LogP contribution in [0.15, 0.2) is 0 Å². The van der Waals surface area contributed by atoms with Crippen LogP contribution >= 0.6 is 0 Å². The van der Waals surface area contributed by atoms with E-state index < -0.39 is 21.9 Å². The molecule has 0 amide bonds. The van der Waals surface area contributed by atoms with E-state index in [1.54, 1.807) is 6.92 Å². The molecule has 0 bridgehead atoms. The molecule has 1 unspecified atom stereocenters. The molecule has 0 aliphatic heterocycles. The van der Waals surface area contributed by atoms with Gasteiger partial charge in [0.2, 0.25) is 0 Å². The van der Waals surface area contributed by atoms with Gasteiger partial charge in [0.25, 0.3) is 0 Å². The third-order valence-corrected chi connectivity index (χ3v) is 3.20. The number of rotatable bonds is 6. The van der Waals surface area contributed by atoms with E-state index in [1.807, 2.05) is 0 Å². The third-order valence-electron chi connectivity index (χ3n) is 1.32. The normalized spacial score (nSPS) is 14.6. The Morgan fingerprint density at radius 3 is 2.50 bits per heavy atom. The molecule has 0 aromatic carbocycles. The number of nitrogens with two attached hydrogens (primary N) is 1. The van der Waals surface area contributed by atoms with E-state index in [2.05, 4.69) is 0 Å². The summed E-state index contributed by atoms with van der Waals surface area (Å²) in [6, 6.07) is 0. The van der Waals surface area contributed by atoms with E-state index in [0.717, 1.165) is 0 Å². The molecule has 0 aliphatic rings. The maximum absolute atomic E-state index is 11.2. The van der Waals surface area contributed by atoms with Gasteiger partial charge in [-0.25, -0.2) is 8.42 Å². The summed E-state index contributed by atoms with van der Waals surface area (Å²) in [4.78, 5) is 0. The van der Waals surface area contributed by atoms with Crippen LogP contribution in [0.4, 0.5) is 0 Å². The second-order valence-electron chi connectivity index (χ2n) is 2.21. The average molecular weight is 197 g/mol. The van der Waals surface area contributed by atoms with Crippen LogP contribution in [0.2, 0.25) is 0 Å². The Balaban J connectivity index is 4.27. The summed E-state index contributed by atoms with van der Waals surface area (Å²) in [5, 5.41) is 8.44. The summed E-state index contributed by atoms with van der Waals surface area (Å²) in [7, 11) is -3.38. The first kappa shape index (κ1) is 11.8. The van der Waals surface area contributed by atoms with Crippen LogP contribution in [0.5, 0.6) is 0 Å². The fraction of sp³-hybridized carbons (Fsp3) is 1.00. The minimum atomic E-state index is -3.38. The van der Waals surface area contributed by atoms with E-state index in [9.17, 15) is 8.42 Å². The molecule has 12 heavy (non-hydrogen) atoms. The van der Waals surface area contributed by atoms with Gasteiger partial charge in [0.05, 0.1) is 12.4 Å². The Kier molecular flexibility index (Phi) is 5.39. The molecule has 0 aromatic heterocycles. The summed E-state index contributed by atoms with van der Waals surface area (Å²) in [6.07, 6.45) is 0. The number of ether oxygens (including phenoxy) is 1. The quantitative estimate of drug-likeness (QED) is 0.553. The minimum absolute atomic E-state index is 0.0732. The first-order valence-corrected chi connectivity index (χ1v) is 5.44. The van der Waals surface area contributed by atoms with Crippen LogP contribution in [-0.2, 0) is 14.6 Å². The largest absolute Gasteiger partial charge is 0.395 e. The first-order chi connectivity index (χ1) is 5.58. The lowest BCUT2D eigenvalue weighted by atomic mass is 10.7. The number of aliphatic hydroxyl groups is 1. The van der Waals surface area contributed by atoms with Crippen molar-refractivity contribution in [2.45, 2.75) is 12.4 Å². The van der Waals surface area contributed by atoms with Crippen molar-refractivity contribution in [1.29, 1.82) is 0 Å². The van der Waals surface area contributed by atoms with Crippen LogP contribution in [0.3, 0.4) is 0 Å². The summed E-state index contributed by atoms with van der Waals surface area (Å²) in [5.41, 5.74) is 4.21. The Morgan fingerprint density at radius 1 is 1.58 bits per heavy atom. The lowest BCUT2D eigenvalue weighted by Gasteiger charge is -2.14. The molecule has 0 saturated carbocycles. The Hall–Kier alpha value is -0.170. The Bertz CT molecular complexity index is 202. The first-order valence-electron chi connectivity index (χ1n) is 3.72. The SMILES string of the molecule is CCOC(CN)S(=O)(=O)CCO. The maximum Gasteiger partial charge on any atom is 0.180 e. The van der Waals surface area contributed by atoms with Crippen LogP contribution < -0.4 is 5.73 Å². The topological polar surface area (TPSA) is 89.6 Å². The van der Waals surface area contributed by atoms with Gasteiger partial charge in [-0.05, 0) is 6.92 Å². The number of hydrogen-bond donors (Lipinski definition) is 2. The summed E-state index contributed by atoms with van der Waals surface area (Å²) in [6.45, 7) is 1.52. The Morgan fingerprint density at radius 2 is 2.17 bits per heavy atom. The summed E-state index contributed by atoms with van der Waals surface area (Å²) in [5.74, 6) is -0.297. The second-order valence-corrected chi connectivity index (χ2v) is 4.47. The predicted octanol–water partition coefficient (Wildman–Crippen LogP) is -1.29. The molecule has 3 N–H and O–H groups in total. The highest BCUT2D eigenvalue weighted by Gasteiger charge is 2.23. The van der Waals surface area contributed by atoms with E-state index in [1.165, 1.54) is 0 Å². The summed E-state index contributed by atoms with van der Waals surface area (Å²) >= 11 is 0. The van der Waals surface area contributed by atoms with Crippen molar-refractivity contribution in [3.63, 3.8) is 0 Å². The molecule has 0 spiro atoms. The minimum Gasteiger partial charge on any atom is -0.395 e. The van der Waals surface area contributed by atoms with Crippen molar-refractivity contribution >= 4 is 9.84 Å². The fourth-order valence-corrected chi connectivity index (χ4v) is 1.92. The number of sulfone groups is 1. The van der Waals surface area contributed by atoms with Crippen molar-refractivity contribution < 1.29 is 18.3 Å². The lowest BCUT2D eigenvalue weighted by Crippen LogP contribution is -2.35. The van der Waals surface area contributed by atoms with E-state index in [-0.39, 0.29) is 12.3 Å². The fourth-order valence-electron chi connectivity index (χ4n) is 0.763. The third kappa shape index (κ3) is 3.48. The molecule has 0 rings (SSSR count). The van der Waals surface area contributed by atoms with Crippen LogP contribution in [-0.4, -0.2) is 44.5 Å². The van der Waals surface area contributed by atoms with Crippen molar-refractivity contribution in [3.05, 3.63) is 0 Å². The lowest BCUT2D eigenvalue weighted by molar-refractivity contribution is 0.122. The molecule has 0 saturated heterocycles. The van der Waals surface area contributed by atoms with Crippen molar-refractivity contribution in [3.8, 4) is 0 Å². The van der Waals surface area contributed by atoms with Gasteiger partial charge >= 0.3 is 0 Å². The number of hydrogen-bond acceptors (Lipinski definition) is 5. The molecule has 5 nitrogen and oxygen atoms in total. The number of aliphatic hydroxyl groups excluding tert-OH is 1. The molecular weight excluding hydrogens is 182 g/mol. The molecule has 0 radical (unpaired) electrons. The molecule has 0 aromatic rings. The highest BCUT2D eigenvalue weighted by molar-refractivity contribution is 7.91. The van der Waals surface area contributed by atoms with Crippen molar-refractivity contribution in [1.82, 2.24) is 0 Å². The molecular formula is C6H15NO4S. The molecule has 0 heterocycles. The van der Waals surface area contributed by atoms with E-state index in [0.29, 0.717) is 6.61 Å². The van der Waals surface area contributed by atoms with Crippen LogP contribution in [0, 0.1) is 0 Å². The van der Waals surface area contributed by atoms with Gasteiger partial charge in [0.15, 0.2) is 15.3 Å². The molecule has 74 valence electrons. The highest BCUT2D eigenvalue weighted by atomic mass is 32.2. The van der Waals surface area contributed by atoms with Crippen molar-refractivity contribution in [2.24, 2.45) is 5.73 Å². The van der Waals surface area contributed by atoms with Gasteiger partial charge in [0, 0.05) is 13.2 Å². The monoisotopic (exact) mass is 197 g/mol. The van der Waals surface area contributed by atoms with Crippen LogP contribution in [0.25, 0.3) is 0 Å². The molecule has 0 aliphatic carbocycles. The van der Waals surface area contributed by atoms with Gasteiger partial charge in [0.1, 0.15) is 0 Å². The van der Waals surface area contributed by atoms with Crippen molar-refractivity contribution in [2.75, 3.05) is 25.5 Å². The average Bonchev–Trinajstić information content (AvgIpc) is 1.99. The summed E-state index contributed by atoms with van der Waals surface area (Å²) < 4.78 is 27.3. The van der Waals surface area contributed by atoms with Crippen LogP contribution in [0.1, 0.15) is 6.92 Å². The Labute approximate surface area is 72.4 Å². The zero-order chi connectivity index (χ0) is 9.61. The molecule has 0 fully saturated rings. The smallest absolute Gasteiger partial charge is 0.180 e. The van der Waals surface area contributed by atoms with Gasteiger partial charge in [-0.3, -0.25) is 0 Å². The molecule has 6 heteroatoms. The highest BCUT2D eigenvalue weighted by Crippen LogP contribution is 2.02. The second kappa shape index (κ2) is 5.47. The van der Waals surface area contributed by atoms with Gasteiger partial charge in [-0.1, -0.05) is 0 Å². The van der Waals surface area contributed by atoms with Gasteiger partial charge in [-0.15, -0.1) is 0 Å². The van der Waals surface area contributed by atoms with Gasteiger partial charge in [-0.2, -0.15) is 0 Å². The van der Waals surface area contributed by atoms with E-state index >= 15 is 0 Å². The zero-order valence-corrected chi connectivity index (χ0v) is 7.88. The molecule has 1 atom stereocenters. The van der Waals surface area contributed by atoms with E-state index in [4.69, 9.17) is 15.6 Å². The van der Waals surface area contributed by atoms with Gasteiger partial charge < -0.3 is 15.6 Å². The predicted molar refractivity (Wildman–Crippen MR) is 45.3 cm³/mol. The standard InChI is InChI=1S/C6H15NO4S/c1-2-11-6(5-7)12(9,10)4-3-8/h6,8H,2-5,7H2,1H3.